The number of hydrogen-bond acceptors (Lipinski definition) is 5. The Morgan fingerprint density at radius 3 is 2.31 bits per heavy atom. The third-order valence-electron chi connectivity index (χ3n) is 5.42. The van der Waals surface area contributed by atoms with E-state index in [1.807, 2.05) is 18.2 Å². The van der Waals surface area contributed by atoms with E-state index in [0.29, 0.717) is 6.42 Å². The molecule has 0 bridgehead atoms. The van der Waals surface area contributed by atoms with Crippen LogP contribution in [0.15, 0.2) is 54.6 Å². The van der Waals surface area contributed by atoms with Crippen molar-refractivity contribution < 1.29 is 19.4 Å². The molecular formula is C23H30BNO4. The van der Waals surface area contributed by atoms with E-state index in [0.717, 1.165) is 22.9 Å². The molecule has 0 aromatic heterocycles. The van der Waals surface area contributed by atoms with Gasteiger partial charge in [-0.05, 0) is 30.0 Å². The van der Waals surface area contributed by atoms with E-state index in [4.69, 9.17) is 4.74 Å². The molecule has 2 rings (SSSR count). The highest BCUT2D eigenvalue weighted by Gasteiger charge is 2.35. The largest absolute Gasteiger partial charge is 0.466 e. The Morgan fingerprint density at radius 1 is 1.14 bits per heavy atom. The summed E-state index contributed by atoms with van der Waals surface area (Å²) in [5.41, 5.74) is 2.98. The van der Waals surface area contributed by atoms with Crippen LogP contribution in [0, 0.1) is 5.92 Å². The predicted octanol–water partition coefficient (Wildman–Crippen LogP) is 2.69. The number of carbonyl (C=O) groups is 2. The Morgan fingerprint density at radius 2 is 1.76 bits per heavy atom. The van der Waals surface area contributed by atoms with Crippen molar-refractivity contribution in [3.8, 4) is 11.1 Å². The van der Waals surface area contributed by atoms with E-state index in [1.54, 1.807) is 6.92 Å². The van der Waals surface area contributed by atoms with Crippen molar-refractivity contribution in [2.75, 3.05) is 13.2 Å². The lowest BCUT2D eigenvalue weighted by Gasteiger charge is -2.37. The van der Waals surface area contributed by atoms with Gasteiger partial charge in [0.2, 0.25) is 0 Å². The van der Waals surface area contributed by atoms with Gasteiger partial charge in [-0.15, -0.1) is 0 Å². The zero-order valence-electron chi connectivity index (χ0n) is 17.4. The van der Waals surface area contributed by atoms with Crippen molar-refractivity contribution in [2.45, 2.75) is 38.6 Å². The summed E-state index contributed by atoms with van der Waals surface area (Å²) in [5.74, 6) is -1.05. The normalized spacial score (nSPS) is 13.4. The minimum Gasteiger partial charge on any atom is -0.466 e. The summed E-state index contributed by atoms with van der Waals surface area (Å²) in [4.78, 5) is 23.1. The molecule has 0 aliphatic rings. The van der Waals surface area contributed by atoms with Crippen LogP contribution in [0.2, 0.25) is 0 Å². The zero-order chi connectivity index (χ0) is 21.3. The van der Waals surface area contributed by atoms with Crippen molar-refractivity contribution in [3.05, 3.63) is 60.2 Å². The van der Waals surface area contributed by atoms with Crippen LogP contribution in [0.3, 0.4) is 0 Å². The van der Waals surface area contributed by atoms with Crippen molar-refractivity contribution in [2.24, 2.45) is 5.92 Å². The molecule has 5 nitrogen and oxygen atoms in total. The number of rotatable bonds is 11. The third kappa shape index (κ3) is 6.02. The fraction of sp³-hybridized carbons (Fsp3) is 0.391. The predicted molar refractivity (Wildman–Crippen MR) is 118 cm³/mol. The topological polar surface area (TPSA) is 75.6 Å². The van der Waals surface area contributed by atoms with Gasteiger partial charge in [-0.3, -0.25) is 4.79 Å². The molecule has 0 spiro atoms. The van der Waals surface area contributed by atoms with Crippen molar-refractivity contribution >= 4 is 19.6 Å². The monoisotopic (exact) mass is 395 g/mol. The quantitative estimate of drug-likeness (QED) is 0.348. The second-order valence-electron chi connectivity index (χ2n) is 7.66. The molecule has 154 valence electrons. The SMILES string of the molecule is CCOC(=O)[C@H](CO)C[C@H](NBC=O)C(C)(C)c1ccc(-c2ccccc2)cc1. The van der Waals surface area contributed by atoms with Crippen LogP contribution in [0.25, 0.3) is 11.1 Å². The lowest BCUT2D eigenvalue weighted by atomic mass is 9.72. The van der Waals surface area contributed by atoms with E-state index in [2.05, 4.69) is 55.5 Å². The molecule has 0 aliphatic carbocycles. The second-order valence-corrected chi connectivity index (χ2v) is 7.66. The number of aliphatic hydroxyl groups is 1. The van der Waals surface area contributed by atoms with E-state index < -0.39 is 11.9 Å². The molecule has 0 heterocycles. The van der Waals surface area contributed by atoms with Crippen LogP contribution in [-0.2, 0) is 19.7 Å². The smallest absolute Gasteiger partial charge is 0.311 e. The Kier molecular flexibility index (Phi) is 8.61. The van der Waals surface area contributed by atoms with Gasteiger partial charge >= 0.3 is 5.97 Å². The number of benzene rings is 2. The molecule has 0 aliphatic heterocycles. The number of esters is 1. The number of aliphatic hydroxyl groups excluding tert-OH is 1. The average molecular weight is 395 g/mol. The number of ether oxygens (including phenoxy) is 1. The first-order valence-corrected chi connectivity index (χ1v) is 10.0. The average Bonchev–Trinajstić information content (AvgIpc) is 2.74. The Bertz CT molecular complexity index is 777. The van der Waals surface area contributed by atoms with E-state index in [1.165, 1.54) is 0 Å². The standard InChI is InChI=1S/C23H30BNO4/c1-4-29-22(28)19(15-26)14-21(25-24-16-27)23(2,3)20-12-10-18(11-13-20)17-8-6-5-7-9-17/h5-13,16,19,21,24-26H,4,14-15H2,1-3H3/t19-,21-/m0/s1. The van der Waals surface area contributed by atoms with Crippen LogP contribution in [0.4, 0.5) is 0 Å². The van der Waals surface area contributed by atoms with Gasteiger partial charge in [-0.2, -0.15) is 0 Å². The minimum absolute atomic E-state index is 0.178. The van der Waals surface area contributed by atoms with Crippen molar-refractivity contribution in [1.82, 2.24) is 5.23 Å². The number of nitrogens with one attached hydrogen (secondary N) is 1. The summed E-state index contributed by atoms with van der Waals surface area (Å²) in [7, 11) is 0.178. The molecule has 2 aromatic carbocycles. The van der Waals surface area contributed by atoms with Gasteiger partial charge in [0.15, 0.2) is 0 Å². The lowest BCUT2D eigenvalue weighted by molar-refractivity contribution is -0.150. The first kappa shape index (κ1) is 22.8. The third-order valence-corrected chi connectivity index (χ3v) is 5.42. The Hall–Kier alpha value is -2.44. The van der Waals surface area contributed by atoms with Crippen molar-refractivity contribution in [1.29, 1.82) is 0 Å². The summed E-state index contributed by atoms with van der Waals surface area (Å²) < 4.78 is 5.09. The van der Waals surface area contributed by atoms with Crippen LogP contribution >= 0.6 is 0 Å². The van der Waals surface area contributed by atoms with Crippen molar-refractivity contribution in [3.63, 3.8) is 0 Å². The first-order valence-electron chi connectivity index (χ1n) is 10.0. The molecule has 0 unspecified atom stereocenters. The molecule has 0 saturated heterocycles. The zero-order valence-corrected chi connectivity index (χ0v) is 17.4. The van der Waals surface area contributed by atoms with E-state index in [-0.39, 0.29) is 32.1 Å². The maximum Gasteiger partial charge on any atom is 0.311 e. The molecular weight excluding hydrogens is 365 g/mol. The molecule has 6 heteroatoms. The highest BCUT2D eigenvalue weighted by atomic mass is 16.5. The second kappa shape index (κ2) is 10.9. The molecule has 0 fully saturated rings. The van der Waals surface area contributed by atoms with Crippen LogP contribution in [0.1, 0.15) is 32.8 Å². The first-order chi connectivity index (χ1) is 13.9. The fourth-order valence-corrected chi connectivity index (χ4v) is 3.54. The molecule has 0 radical (unpaired) electrons. The molecule has 2 atom stereocenters. The van der Waals surface area contributed by atoms with Crippen LogP contribution in [-0.4, -0.2) is 43.9 Å². The van der Waals surface area contributed by atoms with Crippen LogP contribution < -0.4 is 5.23 Å². The van der Waals surface area contributed by atoms with Gasteiger partial charge < -0.3 is 19.9 Å². The Balaban J connectivity index is 2.26. The van der Waals surface area contributed by atoms with Crippen LogP contribution in [0.5, 0.6) is 0 Å². The van der Waals surface area contributed by atoms with Gasteiger partial charge in [0.05, 0.1) is 25.3 Å². The van der Waals surface area contributed by atoms with Gasteiger partial charge in [0.1, 0.15) is 0 Å². The summed E-state index contributed by atoms with van der Waals surface area (Å²) in [5, 5.41) is 12.9. The van der Waals surface area contributed by atoms with Gasteiger partial charge in [0, 0.05) is 11.5 Å². The summed E-state index contributed by atoms with van der Waals surface area (Å²) in [6.45, 7) is 5.87. The minimum atomic E-state index is -0.637. The van der Waals surface area contributed by atoms with Gasteiger partial charge in [-0.1, -0.05) is 68.4 Å². The molecule has 2 N–H and O–H groups in total. The molecule has 2 aromatic rings. The summed E-state index contributed by atoms with van der Waals surface area (Å²) in [6, 6.07) is 18.3. The summed E-state index contributed by atoms with van der Waals surface area (Å²) in [6.07, 6.45) is 1.18. The maximum absolute atomic E-state index is 12.2. The molecule has 29 heavy (non-hydrogen) atoms. The van der Waals surface area contributed by atoms with Gasteiger partial charge in [0.25, 0.3) is 7.41 Å². The maximum atomic E-state index is 12.2. The Labute approximate surface area is 173 Å². The number of hydrogen-bond donors (Lipinski definition) is 2. The summed E-state index contributed by atoms with van der Waals surface area (Å²) >= 11 is 0. The van der Waals surface area contributed by atoms with E-state index in [9.17, 15) is 14.7 Å². The highest BCUT2D eigenvalue weighted by molar-refractivity contribution is 6.64. The number of carbonyl (C=O) groups excluding carboxylic acids is 2. The van der Waals surface area contributed by atoms with Gasteiger partial charge in [-0.25, -0.2) is 0 Å². The fourth-order valence-electron chi connectivity index (χ4n) is 3.54. The molecule has 0 saturated carbocycles. The molecule has 0 amide bonds. The highest BCUT2D eigenvalue weighted by Crippen LogP contribution is 2.32. The van der Waals surface area contributed by atoms with E-state index >= 15 is 0 Å². The lowest BCUT2D eigenvalue weighted by Crippen LogP contribution is -2.49.